The van der Waals surface area contributed by atoms with E-state index in [4.69, 9.17) is 31.2 Å². The molecule has 0 aromatic carbocycles. The van der Waals surface area contributed by atoms with Gasteiger partial charge in [0.2, 0.25) is 5.95 Å². The number of aliphatic hydroxyl groups excluding tert-OH is 2. The summed E-state index contributed by atoms with van der Waals surface area (Å²) in [5, 5.41) is 20.0. The minimum Gasteiger partial charge on any atom is -0.394 e. The number of aromatic nitrogens is 6. The molecule has 0 atom stereocenters. The third-order valence-electron chi connectivity index (χ3n) is 4.04. The fourth-order valence-electron chi connectivity index (χ4n) is 2.68. The van der Waals surface area contributed by atoms with E-state index in [-0.39, 0.29) is 51.4 Å². The highest BCUT2D eigenvalue weighted by molar-refractivity contribution is 5.81. The van der Waals surface area contributed by atoms with E-state index < -0.39 is 0 Å². The SMILES string of the molecule is Nc1nc2c(c(=O)[nH]1)NCN2COCCO.Nc1ncnc2c1ncn2COCCO. The molecule has 3 aromatic heterocycles. The molecular weight excluding hydrogens is 412 g/mol. The number of hydrogen-bond acceptors (Lipinski definition) is 13. The van der Waals surface area contributed by atoms with Crippen LogP contribution in [0.5, 0.6) is 0 Å². The maximum atomic E-state index is 11.5. The van der Waals surface area contributed by atoms with Crippen molar-refractivity contribution in [2.75, 3.05) is 61.5 Å². The van der Waals surface area contributed by atoms with Crippen LogP contribution in [0.25, 0.3) is 11.2 Å². The normalized spacial score (nSPS) is 12.4. The fourth-order valence-corrected chi connectivity index (χ4v) is 2.68. The molecule has 4 rings (SSSR count). The van der Waals surface area contributed by atoms with Crippen molar-refractivity contribution >= 4 is 34.4 Å². The zero-order chi connectivity index (χ0) is 22.2. The molecule has 4 heterocycles. The van der Waals surface area contributed by atoms with Crippen molar-refractivity contribution < 1.29 is 19.7 Å². The number of aromatic amines is 1. The van der Waals surface area contributed by atoms with Crippen LogP contribution in [0.1, 0.15) is 0 Å². The molecule has 8 N–H and O–H groups in total. The van der Waals surface area contributed by atoms with Gasteiger partial charge in [-0.05, 0) is 0 Å². The Bertz CT molecular complexity index is 1050. The Kier molecular flexibility index (Phi) is 7.50. The van der Waals surface area contributed by atoms with Crippen molar-refractivity contribution in [3.63, 3.8) is 0 Å². The Hall–Kier alpha value is -3.53. The number of imidazole rings is 1. The van der Waals surface area contributed by atoms with E-state index in [2.05, 4.69) is 30.2 Å². The summed E-state index contributed by atoms with van der Waals surface area (Å²) in [5.41, 5.74) is 12.3. The molecule has 0 spiro atoms. The van der Waals surface area contributed by atoms with Crippen molar-refractivity contribution in [1.82, 2.24) is 29.5 Å². The number of nitrogens with zero attached hydrogens (tertiary/aromatic N) is 6. The highest BCUT2D eigenvalue weighted by Crippen LogP contribution is 2.24. The molecule has 0 amide bonds. The van der Waals surface area contributed by atoms with Gasteiger partial charge in [0, 0.05) is 0 Å². The Labute approximate surface area is 175 Å². The minimum absolute atomic E-state index is 0.0102. The molecule has 0 aliphatic carbocycles. The lowest BCUT2D eigenvalue weighted by molar-refractivity contribution is 0.0499. The quantitative estimate of drug-likeness (QED) is 0.208. The van der Waals surface area contributed by atoms with Gasteiger partial charge in [0.1, 0.15) is 31.0 Å². The van der Waals surface area contributed by atoms with Crippen molar-refractivity contribution in [2.24, 2.45) is 0 Å². The lowest BCUT2D eigenvalue weighted by Crippen LogP contribution is -2.27. The summed E-state index contributed by atoms with van der Waals surface area (Å²) in [7, 11) is 0. The summed E-state index contributed by atoms with van der Waals surface area (Å²) in [4.78, 5) is 31.5. The smallest absolute Gasteiger partial charge is 0.277 e. The van der Waals surface area contributed by atoms with Gasteiger partial charge in [0.25, 0.3) is 5.56 Å². The van der Waals surface area contributed by atoms with E-state index in [1.54, 1.807) is 15.8 Å². The second kappa shape index (κ2) is 10.5. The van der Waals surface area contributed by atoms with Gasteiger partial charge in [-0.25, -0.2) is 15.0 Å². The summed E-state index contributed by atoms with van der Waals surface area (Å²) >= 11 is 0. The highest BCUT2D eigenvalue weighted by Gasteiger charge is 2.23. The zero-order valence-electron chi connectivity index (χ0n) is 16.6. The average molecular weight is 436 g/mol. The molecule has 0 unspecified atom stereocenters. The van der Waals surface area contributed by atoms with Crippen molar-refractivity contribution in [3.05, 3.63) is 23.0 Å². The predicted molar refractivity (Wildman–Crippen MR) is 111 cm³/mol. The van der Waals surface area contributed by atoms with Crippen LogP contribution in [-0.2, 0) is 16.2 Å². The number of nitrogens with two attached hydrogens (primary N) is 2. The number of H-pyrrole nitrogens is 1. The molecule has 0 saturated heterocycles. The van der Waals surface area contributed by atoms with Crippen molar-refractivity contribution in [1.29, 1.82) is 0 Å². The van der Waals surface area contributed by atoms with Crippen molar-refractivity contribution in [2.45, 2.75) is 6.73 Å². The topological polar surface area (TPSA) is 216 Å². The van der Waals surface area contributed by atoms with Gasteiger partial charge in [-0.15, -0.1) is 0 Å². The Morgan fingerprint density at radius 2 is 1.84 bits per heavy atom. The first-order valence-electron chi connectivity index (χ1n) is 9.22. The van der Waals surface area contributed by atoms with Gasteiger partial charge in [0.15, 0.2) is 17.3 Å². The van der Waals surface area contributed by atoms with Gasteiger partial charge < -0.3 is 41.4 Å². The summed E-state index contributed by atoms with van der Waals surface area (Å²) < 4.78 is 12.0. The second-order valence-corrected chi connectivity index (χ2v) is 6.19. The predicted octanol–water partition coefficient (Wildman–Crippen LogP) is -2.12. The molecule has 0 radical (unpaired) electrons. The number of rotatable bonds is 8. The Morgan fingerprint density at radius 1 is 1.10 bits per heavy atom. The average Bonchev–Trinajstić information content (AvgIpc) is 3.35. The maximum Gasteiger partial charge on any atom is 0.277 e. The van der Waals surface area contributed by atoms with Crippen LogP contribution in [0.4, 0.5) is 23.3 Å². The van der Waals surface area contributed by atoms with Crippen LogP contribution in [-0.4, -0.2) is 79.5 Å². The molecule has 1 aliphatic heterocycles. The maximum absolute atomic E-state index is 11.5. The first-order chi connectivity index (χ1) is 15.0. The molecule has 15 nitrogen and oxygen atoms in total. The first kappa shape index (κ1) is 22.2. The number of hydrogen-bond donors (Lipinski definition) is 6. The Morgan fingerprint density at radius 3 is 2.58 bits per heavy atom. The van der Waals surface area contributed by atoms with E-state index in [1.165, 1.54) is 6.33 Å². The van der Waals surface area contributed by atoms with Gasteiger partial charge in [-0.3, -0.25) is 14.3 Å². The third kappa shape index (κ3) is 5.34. The molecule has 0 saturated carbocycles. The lowest BCUT2D eigenvalue weighted by atomic mass is 10.5. The number of anilines is 4. The number of nitrogen functional groups attached to an aromatic ring is 2. The molecular formula is C16H24N10O5. The molecule has 0 bridgehead atoms. The van der Waals surface area contributed by atoms with Gasteiger partial charge in [-0.1, -0.05) is 0 Å². The summed E-state index contributed by atoms with van der Waals surface area (Å²) in [6.45, 7) is 1.43. The first-order valence-corrected chi connectivity index (χ1v) is 9.22. The molecule has 168 valence electrons. The van der Waals surface area contributed by atoms with Crippen LogP contribution in [0.15, 0.2) is 17.4 Å². The van der Waals surface area contributed by atoms with Crippen LogP contribution in [0.2, 0.25) is 0 Å². The molecule has 1 aliphatic rings. The van der Waals surface area contributed by atoms with Crippen LogP contribution in [0.3, 0.4) is 0 Å². The molecule has 3 aromatic rings. The minimum atomic E-state index is -0.299. The monoisotopic (exact) mass is 436 g/mol. The zero-order valence-corrected chi connectivity index (χ0v) is 16.6. The number of fused-ring (bicyclic) bond motifs is 2. The lowest BCUT2D eigenvalue weighted by Gasteiger charge is -2.16. The van der Waals surface area contributed by atoms with Crippen LogP contribution >= 0.6 is 0 Å². The molecule has 31 heavy (non-hydrogen) atoms. The molecule has 0 fully saturated rings. The van der Waals surface area contributed by atoms with Crippen LogP contribution in [0, 0.1) is 0 Å². The highest BCUT2D eigenvalue weighted by atomic mass is 16.5. The van der Waals surface area contributed by atoms with E-state index in [9.17, 15) is 4.79 Å². The largest absolute Gasteiger partial charge is 0.394 e. The standard InChI is InChI=1S/C8H13N5O3.C8H11N5O2/c9-8-11-6-5(7(15)12-8)10-3-13(6)4-16-2-1-14;9-7-6-8(11-3-10-7)13(4-12-6)5-15-2-1-14/h10,14H,1-4H2,(H3,9,11,12,15);3-4,14H,1-2,5H2,(H2,9,10,11). The van der Waals surface area contributed by atoms with Gasteiger partial charge >= 0.3 is 0 Å². The molecule has 15 heteroatoms. The second-order valence-electron chi connectivity index (χ2n) is 6.19. The third-order valence-corrected chi connectivity index (χ3v) is 4.04. The summed E-state index contributed by atoms with van der Waals surface area (Å²) in [6, 6.07) is 0. The van der Waals surface area contributed by atoms with Crippen LogP contribution < -0.4 is 27.2 Å². The number of ether oxygens (including phenoxy) is 2. The number of nitrogens with one attached hydrogen (secondary N) is 2. The summed E-state index contributed by atoms with van der Waals surface area (Å²) in [5.74, 6) is 0.889. The van der Waals surface area contributed by atoms with Crippen molar-refractivity contribution in [3.8, 4) is 0 Å². The van der Waals surface area contributed by atoms with E-state index in [1.807, 2.05) is 0 Å². The van der Waals surface area contributed by atoms with E-state index in [0.717, 1.165) is 0 Å². The van der Waals surface area contributed by atoms with E-state index in [0.29, 0.717) is 35.2 Å². The number of aliphatic hydroxyl groups is 2. The fraction of sp³-hybridized carbons (Fsp3) is 0.438. The van der Waals surface area contributed by atoms with E-state index >= 15 is 0 Å². The summed E-state index contributed by atoms with van der Waals surface area (Å²) in [6.07, 6.45) is 2.95. The van der Waals surface area contributed by atoms with Gasteiger partial charge in [0.05, 0.1) is 39.4 Å². The Balaban J connectivity index is 0.000000176. The van der Waals surface area contributed by atoms with Gasteiger partial charge in [-0.2, -0.15) is 4.98 Å².